The first kappa shape index (κ1) is 19.2. The fourth-order valence-corrected chi connectivity index (χ4v) is 4.51. The summed E-state index contributed by atoms with van der Waals surface area (Å²) in [5, 5.41) is 4.19. The summed E-state index contributed by atoms with van der Waals surface area (Å²) < 4.78 is 6.78. The van der Waals surface area contributed by atoms with E-state index >= 15 is 0 Å². The Labute approximate surface area is 175 Å². The summed E-state index contributed by atoms with van der Waals surface area (Å²) in [6.45, 7) is 4.57. The molecule has 4 aromatic rings. The van der Waals surface area contributed by atoms with Gasteiger partial charge in [0.15, 0.2) is 0 Å². The number of ether oxygens (including phenoxy) is 1. The molecule has 0 unspecified atom stereocenters. The maximum absolute atomic E-state index is 13.2. The van der Waals surface area contributed by atoms with Crippen molar-refractivity contribution in [1.29, 1.82) is 0 Å². The molecule has 1 N–H and O–H groups in total. The molecule has 0 aliphatic heterocycles. The Hall–Kier alpha value is -3.11. The van der Waals surface area contributed by atoms with Crippen LogP contribution in [0.2, 0.25) is 0 Å². The average molecular weight is 402 g/mol. The lowest BCUT2D eigenvalue weighted by molar-refractivity contribution is 0.102. The van der Waals surface area contributed by atoms with Crippen LogP contribution in [0, 0.1) is 6.92 Å². The first-order valence-electron chi connectivity index (χ1n) is 9.75. The van der Waals surface area contributed by atoms with E-state index in [9.17, 15) is 4.79 Å². The molecule has 0 spiro atoms. The minimum atomic E-state index is -0.0968. The molecule has 3 aromatic carbocycles. The summed E-state index contributed by atoms with van der Waals surface area (Å²) in [5.41, 5.74) is 4.19. The number of carbonyl (C=O) groups is 1. The first-order chi connectivity index (χ1) is 14.2. The van der Waals surface area contributed by atoms with E-state index in [0.717, 1.165) is 26.9 Å². The molecule has 3 nitrogen and oxygen atoms in total. The summed E-state index contributed by atoms with van der Waals surface area (Å²) in [6.07, 6.45) is 0.722. The van der Waals surface area contributed by atoms with Crippen LogP contribution in [-0.2, 0) is 6.42 Å². The van der Waals surface area contributed by atoms with Crippen LogP contribution >= 0.6 is 11.3 Å². The van der Waals surface area contributed by atoms with Crippen LogP contribution in [0.5, 0.6) is 5.75 Å². The zero-order valence-electron chi connectivity index (χ0n) is 16.6. The Morgan fingerprint density at radius 2 is 1.69 bits per heavy atom. The second kappa shape index (κ2) is 8.50. The van der Waals surface area contributed by atoms with E-state index in [1.165, 1.54) is 11.1 Å². The number of aryl methyl sites for hydroxylation is 1. The first-order valence-corrected chi connectivity index (χ1v) is 10.6. The van der Waals surface area contributed by atoms with Gasteiger partial charge in [-0.1, -0.05) is 60.2 Å². The van der Waals surface area contributed by atoms with Crippen molar-refractivity contribution < 1.29 is 9.53 Å². The summed E-state index contributed by atoms with van der Waals surface area (Å²) >= 11 is 1.54. The Bertz CT molecular complexity index is 1150. The van der Waals surface area contributed by atoms with Crippen LogP contribution in [0.3, 0.4) is 0 Å². The number of carbonyl (C=O) groups excluding carboxylic acids is 1. The molecule has 0 aliphatic rings. The number of hydrogen-bond donors (Lipinski definition) is 1. The van der Waals surface area contributed by atoms with Crippen molar-refractivity contribution in [2.75, 3.05) is 11.9 Å². The molecular weight excluding hydrogens is 378 g/mol. The Morgan fingerprint density at radius 3 is 2.48 bits per heavy atom. The lowest BCUT2D eigenvalue weighted by Gasteiger charge is -2.11. The minimum Gasteiger partial charge on any atom is -0.492 e. The third-order valence-electron chi connectivity index (χ3n) is 4.84. The maximum atomic E-state index is 13.2. The number of fused-ring (bicyclic) bond motifs is 1. The minimum absolute atomic E-state index is 0.0968. The van der Waals surface area contributed by atoms with E-state index in [0.29, 0.717) is 18.0 Å². The molecule has 4 heteroatoms. The molecule has 0 bridgehead atoms. The van der Waals surface area contributed by atoms with Gasteiger partial charge in [0.1, 0.15) is 5.75 Å². The molecule has 146 valence electrons. The van der Waals surface area contributed by atoms with Crippen molar-refractivity contribution in [1.82, 2.24) is 0 Å². The van der Waals surface area contributed by atoms with Crippen molar-refractivity contribution in [2.24, 2.45) is 0 Å². The van der Waals surface area contributed by atoms with Gasteiger partial charge in [0, 0.05) is 4.70 Å². The number of para-hydroxylation sites is 2. The molecule has 1 amide bonds. The van der Waals surface area contributed by atoms with Crippen molar-refractivity contribution in [2.45, 2.75) is 20.3 Å². The highest BCUT2D eigenvalue weighted by Crippen LogP contribution is 2.34. The zero-order valence-corrected chi connectivity index (χ0v) is 17.4. The fraction of sp³-hybridized carbons (Fsp3) is 0.160. The molecule has 1 heterocycles. The summed E-state index contributed by atoms with van der Waals surface area (Å²) in [7, 11) is 0. The van der Waals surface area contributed by atoms with Crippen molar-refractivity contribution in [3.63, 3.8) is 0 Å². The highest BCUT2D eigenvalue weighted by molar-refractivity contribution is 7.21. The van der Waals surface area contributed by atoms with Crippen LogP contribution in [0.1, 0.15) is 33.3 Å². The number of benzene rings is 3. The Balaban J connectivity index is 1.71. The van der Waals surface area contributed by atoms with E-state index in [1.807, 2.05) is 43.3 Å². The monoisotopic (exact) mass is 401 g/mol. The highest BCUT2D eigenvalue weighted by atomic mass is 32.1. The summed E-state index contributed by atoms with van der Waals surface area (Å²) in [4.78, 5) is 14.0. The van der Waals surface area contributed by atoms with Crippen LogP contribution < -0.4 is 10.1 Å². The molecule has 1 aromatic heterocycles. The Kier molecular flexibility index (Phi) is 5.63. The van der Waals surface area contributed by atoms with Gasteiger partial charge in [0.2, 0.25) is 0 Å². The molecule has 4 rings (SSSR count). The van der Waals surface area contributed by atoms with E-state index in [4.69, 9.17) is 4.74 Å². The number of nitrogens with one attached hydrogen (secondary N) is 1. The van der Waals surface area contributed by atoms with Gasteiger partial charge in [-0.25, -0.2) is 0 Å². The van der Waals surface area contributed by atoms with Gasteiger partial charge in [0.05, 0.1) is 17.2 Å². The lowest BCUT2D eigenvalue weighted by Crippen LogP contribution is -2.13. The van der Waals surface area contributed by atoms with Gasteiger partial charge in [0.25, 0.3) is 5.91 Å². The molecule has 0 saturated heterocycles. The van der Waals surface area contributed by atoms with Crippen LogP contribution in [0.15, 0.2) is 72.8 Å². The number of rotatable bonds is 6. The molecule has 0 aliphatic carbocycles. The third kappa shape index (κ3) is 4.17. The van der Waals surface area contributed by atoms with Gasteiger partial charge in [-0.05, 0) is 55.0 Å². The number of amides is 1. The van der Waals surface area contributed by atoms with E-state index in [2.05, 4.69) is 48.6 Å². The number of thiophene rings is 1. The molecule has 0 radical (unpaired) electrons. The smallest absolute Gasteiger partial charge is 0.266 e. The van der Waals surface area contributed by atoms with Crippen molar-refractivity contribution in [3.05, 3.63) is 94.4 Å². The third-order valence-corrected chi connectivity index (χ3v) is 6.05. The maximum Gasteiger partial charge on any atom is 0.266 e. The molecule has 0 saturated carbocycles. The second-order valence-corrected chi connectivity index (χ2v) is 8.00. The molecule has 0 atom stereocenters. The van der Waals surface area contributed by atoms with E-state index in [-0.39, 0.29) is 5.91 Å². The predicted octanol–water partition coefficient (Wildman–Crippen LogP) is 6.45. The second-order valence-electron chi connectivity index (χ2n) is 6.95. The van der Waals surface area contributed by atoms with E-state index < -0.39 is 0 Å². The van der Waals surface area contributed by atoms with Gasteiger partial charge >= 0.3 is 0 Å². The van der Waals surface area contributed by atoms with Gasteiger partial charge < -0.3 is 10.1 Å². The fourth-order valence-electron chi connectivity index (χ4n) is 3.40. The summed E-state index contributed by atoms with van der Waals surface area (Å²) in [6, 6.07) is 24.3. The van der Waals surface area contributed by atoms with Crippen LogP contribution in [0.4, 0.5) is 5.69 Å². The van der Waals surface area contributed by atoms with Gasteiger partial charge in [-0.15, -0.1) is 11.3 Å². The van der Waals surface area contributed by atoms with Crippen LogP contribution in [-0.4, -0.2) is 12.5 Å². The predicted molar refractivity (Wildman–Crippen MR) is 121 cm³/mol. The number of hydrogen-bond acceptors (Lipinski definition) is 3. The highest BCUT2D eigenvalue weighted by Gasteiger charge is 2.19. The lowest BCUT2D eigenvalue weighted by atomic mass is 10.0. The SMILES string of the molecule is CCOc1ccccc1NC(=O)c1sc2ccccc2c1Cc1ccc(C)cc1. The van der Waals surface area contributed by atoms with Gasteiger partial charge in [-0.3, -0.25) is 4.79 Å². The quantitative estimate of drug-likeness (QED) is 0.403. The average Bonchev–Trinajstić information content (AvgIpc) is 3.10. The molecule has 0 fully saturated rings. The zero-order chi connectivity index (χ0) is 20.2. The molecular formula is C25H23NO2S. The van der Waals surface area contributed by atoms with Gasteiger partial charge in [-0.2, -0.15) is 0 Å². The normalized spacial score (nSPS) is 10.8. The van der Waals surface area contributed by atoms with Crippen LogP contribution in [0.25, 0.3) is 10.1 Å². The van der Waals surface area contributed by atoms with Crippen molar-refractivity contribution in [3.8, 4) is 5.75 Å². The largest absolute Gasteiger partial charge is 0.492 e. The molecule has 29 heavy (non-hydrogen) atoms. The van der Waals surface area contributed by atoms with E-state index in [1.54, 1.807) is 11.3 Å². The summed E-state index contributed by atoms with van der Waals surface area (Å²) in [5.74, 6) is 0.588. The van der Waals surface area contributed by atoms with Crippen molar-refractivity contribution >= 4 is 33.0 Å². The number of anilines is 1. The Morgan fingerprint density at radius 1 is 0.966 bits per heavy atom. The standard InChI is InChI=1S/C25H23NO2S/c1-3-28-22-10-6-5-9-21(22)26-25(27)24-20(16-18-14-12-17(2)13-15-18)19-8-4-7-11-23(19)29-24/h4-15H,3,16H2,1-2H3,(H,26,27). The topological polar surface area (TPSA) is 38.3 Å².